The lowest BCUT2D eigenvalue weighted by atomic mass is 9.76. The summed E-state index contributed by atoms with van der Waals surface area (Å²) in [5.74, 6) is -3.56. The molecule has 10 nitrogen and oxygen atoms in total. The summed E-state index contributed by atoms with van der Waals surface area (Å²) in [4.78, 5) is 50.8. The smallest absolute Gasteiger partial charge is 0.281 e. The Morgan fingerprint density at radius 1 is 1.26 bits per heavy atom. The third-order valence-electron chi connectivity index (χ3n) is 10.3. The largest absolute Gasteiger partial charge is 0.349 e. The number of aliphatic hydroxyl groups is 1. The van der Waals surface area contributed by atoms with Crippen molar-refractivity contribution in [2.75, 3.05) is 20.1 Å². The van der Waals surface area contributed by atoms with Crippen LogP contribution in [-0.2, 0) is 25.5 Å². The number of carbonyl (C=O) groups excluding carboxylic acids is 3. The molecule has 2 unspecified atom stereocenters. The number of rotatable bonds is 5. The number of carbonyl (C=O) groups is 3. The van der Waals surface area contributed by atoms with Gasteiger partial charge < -0.3 is 20.3 Å². The maximum atomic E-state index is 14.4. The van der Waals surface area contributed by atoms with E-state index in [1.807, 2.05) is 33.0 Å². The van der Waals surface area contributed by atoms with Crippen LogP contribution in [0.4, 0.5) is 0 Å². The van der Waals surface area contributed by atoms with Gasteiger partial charge in [0.2, 0.25) is 11.6 Å². The molecular formula is C32H40BrN5O5. The van der Waals surface area contributed by atoms with E-state index in [-0.39, 0.29) is 23.8 Å². The highest BCUT2D eigenvalue weighted by molar-refractivity contribution is 9.10. The number of ether oxygens (including phenoxy) is 1. The van der Waals surface area contributed by atoms with Crippen LogP contribution in [0.1, 0.15) is 64.0 Å². The standard InChI is InChI=1S/C32H40BrN5O5/c1-16(2)12-24-29(40)37-11-7-10-25(37)32(42)38(24)30(41)31(43-32,17(3)4)35-28(39)18-13-20-19-8-6-9-22-26(19)21(27(33)34-22)14-23(20)36(5)15-18/h6,8-9,13,16-17,20,23-25,34,42H,7,10-12,14-15H2,1-5H3,(H,35,39)/t20?,23?,24-,25-,31+,32-/m0/s1. The Hall–Kier alpha value is -2.73. The number of halogens is 1. The van der Waals surface area contributed by atoms with Crippen LogP contribution in [0.5, 0.6) is 0 Å². The average molecular weight is 655 g/mol. The molecule has 6 atom stereocenters. The molecule has 11 heteroatoms. The van der Waals surface area contributed by atoms with E-state index in [4.69, 9.17) is 4.74 Å². The number of aromatic nitrogens is 1. The van der Waals surface area contributed by atoms with Crippen molar-refractivity contribution in [1.82, 2.24) is 25.0 Å². The first-order chi connectivity index (χ1) is 20.4. The van der Waals surface area contributed by atoms with Crippen molar-refractivity contribution in [3.8, 4) is 0 Å². The van der Waals surface area contributed by atoms with Gasteiger partial charge in [-0.25, -0.2) is 0 Å². The summed E-state index contributed by atoms with van der Waals surface area (Å²) in [7, 11) is 2.03. The number of fused-ring (bicyclic) bond motifs is 5. The summed E-state index contributed by atoms with van der Waals surface area (Å²) >= 11 is 3.70. The molecule has 230 valence electrons. The lowest BCUT2D eigenvalue weighted by Gasteiger charge is -2.49. The second-order valence-electron chi connectivity index (χ2n) is 13.7. The molecule has 1 aromatic heterocycles. The van der Waals surface area contributed by atoms with Gasteiger partial charge in [-0.3, -0.25) is 28.9 Å². The molecule has 0 saturated carbocycles. The van der Waals surface area contributed by atoms with Crippen molar-refractivity contribution >= 4 is 44.6 Å². The highest BCUT2D eigenvalue weighted by atomic mass is 79.9. The van der Waals surface area contributed by atoms with Crippen molar-refractivity contribution in [2.45, 2.75) is 89.1 Å². The third-order valence-corrected chi connectivity index (χ3v) is 11.0. The van der Waals surface area contributed by atoms with E-state index in [2.05, 4.69) is 43.3 Å². The molecule has 3 saturated heterocycles. The maximum Gasteiger partial charge on any atom is 0.281 e. The molecular weight excluding hydrogens is 614 g/mol. The topological polar surface area (TPSA) is 118 Å². The van der Waals surface area contributed by atoms with Crippen molar-refractivity contribution in [3.05, 3.63) is 45.6 Å². The summed E-state index contributed by atoms with van der Waals surface area (Å²) in [6.07, 6.45) is 4.51. The van der Waals surface area contributed by atoms with Gasteiger partial charge in [-0.05, 0) is 71.8 Å². The van der Waals surface area contributed by atoms with Crippen molar-refractivity contribution in [2.24, 2.45) is 11.8 Å². The SMILES string of the molecule is CC(C)C[C@H]1C(=O)N2CCC[C@H]2[C@]2(O)O[C@](NC(=O)C3=CC4c5cccc6[nH]c(Br)c(c56)CC4N(C)C3)(C(C)C)C(=O)N12. The molecule has 43 heavy (non-hydrogen) atoms. The number of amides is 3. The molecule has 5 aliphatic rings. The zero-order valence-corrected chi connectivity index (χ0v) is 26.9. The van der Waals surface area contributed by atoms with Crippen LogP contribution in [0.15, 0.2) is 34.5 Å². The molecule has 5 heterocycles. The van der Waals surface area contributed by atoms with E-state index in [0.717, 1.165) is 22.1 Å². The summed E-state index contributed by atoms with van der Waals surface area (Å²) in [6, 6.07) is 4.86. The van der Waals surface area contributed by atoms with Crippen molar-refractivity contribution in [1.29, 1.82) is 0 Å². The van der Waals surface area contributed by atoms with E-state index in [1.54, 1.807) is 18.7 Å². The van der Waals surface area contributed by atoms with E-state index >= 15 is 0 Å². The van der Waals surface area contributed by atoms with Gasteiger partial charge in [-0.2, -0.15) is 0 Å². The van der Waals surface area contributed by atoms with Crippen LogP contribution in [0.2, 0.25) is 0 Å². The third kappa shape index (κ3) is 4.04. The highest BCUT2D eigenvalue weighted by Gasteiger charge is 2.71. The number of H-pyrrole nitrogens is 1. The Morgan fingerprint density at radius 3 is 2.74 bits per heavy atom. The first-order valence-corrected chi connectivity index (χ1v) is 16.3. The molecule has 0 radical (unpaired) electrons. The van der Waals surface area contributed by atoms with Gasteiger partial charge in [0.25, 0.3) is 17.7 Å². The number of nitrogens with zero attached hydrogens (tertiary/aromatic N) is 3. The molecule has 3 amide bonds. The molecule has 3 N–H and O–H groups in total. The van der Waals surface area contributed by atoms with Crippen LogP contribution < -0.4 is 5.32 Å². The van der Waals surface area contributed by atoms with Gasteiger partial charge in [-0.15, -0.1) is 0 Å². The van der Waals surface area contributed by atoms with Crippen LogP contribution >= 0.6 is 15.9 Å². The zero-order valence-electron chi connectivity index (χ0n) is 25.3. The van der Waals surface area contributed by atoms with Crippen LogP contribution in [0.25, 0.3) is 10.9 Å². The quantitative estimate of drug-likeness (QED) is 0.456. The number of hydrogen-bond acceptors (Lipinski definition) is 6. The molecule has 0 spiro atoms. The van der Waals surface area contributed by atoms with Crippen molar-refractivity contribution in [3.63, 3.8) is 0 Å². The Kier molecular flexibility index (Phi) is 6.67. The van der Waals surface area contributed by atoms with Crippen LogP contribution in [0.3, 0.4) is 0 Å². The fraction of sp³-hybridized carbons (Fsp3) is 0.594. The predicted molar refractivity (Wildman–Crippen MR) is 164 cm³/mol. The van der Waals surface area contributed by atoms with E-state index in [0.29, 0.717) is 37.9 Å². The number of nitrogens with one attached hydrogen (secondary N) is 2. The number of benzene rings is 1. The first kappa shape index (κ1) is 29.0. The minimum atomic E-state index is -2.02. The summed E-state index contributed by atoms with van der Waals surface area (Å²) < 4.78 is 7.43. The maximum absolute atomic E-state index is 14.4. The van der Waals surface area contributed by atoms with E-state index in [9.17, 15) is 19.5 Å². The zero-order chi connectivity index (χ0) is 30.6. The number of likely N-dealkylation sites (N-methyl/N-ethyl adjacent to an activating group) is 1. The lowest BCUT2D eigenvalue weighted by molar-refractivity contribution is -0.322. The number of hydrogen-bond donors (Lipinski definition) is 3. The molecule has 7 rings (SSSR count). The highest BCUT2D eigenvalue weighted by Crippen LogP contribution is 2.49. The Bertz CT molecular complexity index is 1570. The second kappa shape index (κ2) is 9.89. The number of piperazine rings is 1. The molecule has 1 aliphatic carbocycles. The molecule has 3 fully saturated rings. The van der Waals surface area contributed by atoms with E-state index in [1.165, 1.54) is 15.8 Å². The normalized spacial score (nSPS) is 33.7. The Morgan fingerprint density at radius 2 is 2.02 bits per heavy atom. The monoisotopic (exact) mass is 653 g/mol. The van der Waals surface area contributed by atoms with Crippen molar-refractivity contribution < 1.29 is 24.2 Å². The first-order valence-electron chi connectivity index (χ1n) is 15.5. The fourth-order valence-electron chi connectivity index (χ4n) is 8.22. The number of aromatic amines is 1. The molecule has 1 aromatic carbocycles. The molecule has 4 aliphatic heterocycles. The summed E-state index contributed by atoms with van der Waals surface area (Å²) in [6.45, 7) is 8.50. The van der Waals surface area contributed by atoms with Gasteiger partial charge in [-0.1, -0.05) is 45.9 Å². The Balaban J connectivity index is 1.25. The molecule has 2 aromatic rings. The van der Waals surface area contributed by atoms with Crippen LogP contribution in [-0.4, -0.2) is 92.4 Å². The summed E-state index contributed by atoms with van der Waals surface area (Å²) in [5, 5.41) is 16.3. The lowest BCUT2D eigenvalue weighted by Crippen LogP contribution is -2.71. The van der Waals surface area contributed by atoms with E-state index < -0.39 is 41.5 Å². The second-order valence-corrected chi connectivity index (χ2v) is 14.5. The molecule has 0 bridgehead atoms. The van der Waals surface area contributed by atoms with Gasteiger partial charge in [0.1, 0.15) is 12.1 Å². The van der Waals surface area contributed by atoms with Gasteiger partial charge in [0, 0.05) is 47.4 Å². The van der Waals surface area contributed by atoms with Gasteiger partial charge in [0.05, 0.1) is 4.60 Å². The average Bonchev–Trinajstić information content (AvgIpc) is 3.63. The van der Waals surface area contributed by atoms with Gasteiger partial charge >= 0.3 is 0 Å². The fourth-order valence-corrected chi connectivity index (χ4v) is 8.80. The van der Waals surface area contributed by atoms with Crippen LogP contribution in [0, 0.1) is 11.8 Å². The Labute approximate surface area is 259 Å². The minimum absolute atomic E-state index is 0.01000. The summed E-state index contributed by atoms with van der Waals surface area (Å²) in [5.41, 5.74) is 2.20. The van der Waals surface area contributed by atoms with Gasteiger partial charge in [0.15, 0.2) is 0 Å². The predicted octanol–water partition coefficient (Wildman–Crippen LogP) is 3.20. The minimum Gasteiger partial charge on any atom is -0.349 e.